The molecule has 3 aromatic rings. The summed E-state index contributed by atoms with van der Waals surface area (Å²) in [7, 11) is 2.79. The van der Waals surface area contributed by atoms with Gasteiger partial charge in [0.1, 0.15) is 12.4 Å². The number of amides is 3. The first kappa shape index (κ1) is 33.8. The van der Waals surface area contributed by atoms with Gasteiger partial charge in [-0.25, -0.2) is 14.6 Å². The van der Waals surface area contributed by atoms with Crippen LogP contribution in [0.4, 0.5) is 4.79 Å². The van der Waals surface area contributed by atoms with Crippen LogP contribution in [0.15, 0.2) is 60.7 Å². The summed E-state index contributed by atoms with van der Waals surface area (Å²) in [6.07, 6.45) is -2.79. The SMILES string of the molecule is COCC(=O)OC(OC(=O)N(C(=O)c1cccc(OC)c1C)N(C(=O)c1cc(C)cc(C)c1)C(C)(C)C)c1ccc(C)cc1. The highest BCUT2D eigenvalue weighted by atomic mass is 16.7. The summed E-state index contributed by atoms with van der Waals surface area (Å²) in [5.74, 6) is -1.84. The summed E-state index contributed by atoms with van der Waals surface area (Å²) in [5, 5.41) is 1.72. The zero-order chi connectivity index (χ0) is 32.8. The molecule has 0 N–H and O–H groups in total. The molecule has 3 rings (SSSR count). The van der Waals surface area contributed by atoms with E-state index in [0.29, 0.717) is 21.9 Å². The van der Waals surface area contributed by atoms with Crippen LogP contribution in [0, 0.1) is 27.7 Å². The van der Waals surface area contributed by atoms with E-state index in [1.807, 2.05) is 26.8 Å². The number of methoxy groups -OCH3 is 2. The van der Waals surface area contributed by atoms with E-state index in [2.05, 4.69) is 0 Å². The number of benzene rings is 3. The van der Waals surface area contributed by atoms with Crippen LogP contribution in [0.1, 0.15) is 75.6 Å². The van der Waals surface area contributed by atoms with Crippen molar-refractivity contribution in [3.63, 3.8) is 0 Å². The van der Waals surface area contributed by atoms with Crippen molar-refractivity contribution in [1.29, 1.82) is 0 Å². The lowest BCUT2D eigenvalue weighted by Crippen LogP contribution is -2.60. The van der Waals surface area contributed by atoms with Crippen molar-refractivity contribution in [1.82, 2.24) is 10.0 Å². The van der Waals surface area contributed by atoms with Gasteiger partial charge in [-0.05, 0) is 72.7 Å². The Kier molecular flexibility index (Phi) is 10.9. The monoisotopic (exact) mass is 604 g/mol. The number of ether oxygens (including phenoxy) is 4. The van der Waals surface area contributed by atoms with E-state index in [0.717, 1.165) is 21.7 Å². The zero-order valence-electron chi connectivity index (χ0n) is 26.7. The smallest absolute Gasteiger partial charge is 0.439 e. The molecule has 0 aliphatic heterocycles. The summed E-state index contributed by atoms with van der Waals surface area (Å²) >= 11 is 0. The maximum absolute atomic E-state index is 14.4. The molecule has 0 bridgehead atoms. The minimum absolute atomic E-state index is 0.104. The molecule has 3 amide bonds. The molecule has 1 atom stereocenters. The van der Waals surface area contributed by atoms with E-state index in [4.69, 9.17) is 18.9 Å². The van der Waals surface area contributed by atoms with E-state index >= 15 is 0 Å². The minimum atomic E-state index is -1.55. The third-order valence-electron chi connectivity index (χ3n) is 6.65. The van der Waals surface area contributed by atoms with Crippen molar-refractivity contribution in [3.8, 4) is 5.75 Å². The van der Waals surface area contributed by atoms with Crippen LogP contribution in [0.5, 0.6) is 5.75 Å². The Labute approximate surface area is 258 Å². The molecule has 0 saturated carbocycles. The van der Waals surface area contributed by atoms with Crippen molar-refractivity contribution in [3.05, 3.63) is 99.6 Å². The van der Waals surface area contributed by atoms with Crippen LogP contribution in [-0.4, -0.2) is 60.3 Å². The normalized spacial score (nSPS) is 11.8. The van der Waals surface area contributed by atoms with Crippen LogP contribution in [0.2, 0.25) is 0 Å². The molecule has 0 saturated heterocycles. The third kappa shape index (κ3) is 8.02. The average molecular weight is 605 g/mol. The molecule has 0 heterocycles. The maximum atomic E-state index is 14.4. The summed E-state index contributed by atoms with van der Waals surface area (Å²) in [6.45, 7) is 11.9. The molecular weight excluding hydrogens is 564 g/mol. The molecule has 234 valence electrons. The fourth-order valence-electron chi connectivity index (χ4n) is 4.65. The number of hydrogen-bond donors (Lipinski definition) is 0. The van der Waals surface area contributed by atoms with Crippen LogP contribution < -0.4 is 4.74 Å². The highest BCUT2D eigenvalue weighted by Gasteiger charge is 2.42. The van der Waals surface area contributed by atoms with Crippen molar-refractivity contribution in [2.24, 2.45) is 0 Å². The molecule has 0 aromatic heterocycles. The molecule has 0 radical (unpaired) electrons. The number of rotatable bonds is 8. The van der Waals surface area contributed by atoms with Gasteiger partial charge in [0, 0.05) is 29.4 Å². The largest absolute Gasteiger partial charge is 0.496 e. The average Bonchev–Trinajstić information content (AvgIpc) is 2.94. The number of nitrogens with zero attached hydrogens (tertiary/aromatic N) is 2. The van der Waals surface area contributed by atoms with Crippen molar-refractivity contribution in [2.75, 3.05) is 20.8 Å². The van der Waals surface area contributed by atoms with Gasteiger partial charge in [-0.15, -0.1) is 5.01 Å². The van der Waals surface area contributed by atoms with E-state index in [-0.39, 0.29) is 11.1 Å². The van der Waals surface area contributed by atoms with Gasteiger partial charge in [0.2, 0.25) is 0 Å². The number of carbonyl (C=O) groups is 4. The molecule has 10 nitrogen and oxygen atoms in total. The number of hydrogen-bond acceptors (Lipinski definition) is 8. The van der Waals surface area contributed by atoms with Gasteiger partial charge in [0.05, 0.1) is 12.6 Å². The van der Waals surface area contributed by atoms with Gasteiger partial charge in [0.25, 0.3) is 18.1 Å². The highest BCUT2D eigenvalue weighted by Crippen LogP contribution is 2.29. The Bertz CT molecular complexity index is 1500. The second kappa shape index (κ2) is 14.2. The maximum Gasteiger partial charge on any atom is 0.439 e. The number of esters is 1. The second-order valence-electron chi connectivity index (χ2n) is 11.5. The van der Waals surface area contributed by atoms with Gasteiger partial charge in [-0.2, -0.15) is 0 Å². The van der Waals surface area contributed by atoms with E-state index in [1.54, 1.807) is 76.2 Å². The van der Waals surface area contributed by atoms with Crippen LogP contribution in [0.3, 0.4) is 0 Å². The lowest BCUT2D eigenvalue weighted by Gasteiger charge is -2.42. The first-order valence-corrected chi connectivity index (χ1v) is 14.0. The second-order valence-corrected chi connectivity index (χ2v) is 11.5. The molecule has 3 aromatic carbocycles. The Balaban J connectivity index is 2.20. The van der Waals surface area contributed by atoms with Crippen molar-refractivity contribution >= 4 is 23.9 Å². The number of hydrazine groups is 1. The van der Waals surface area contributed by atoms with Crippen LogP contribution in [0.25, 0.3) is 0 Å². The van der Waals surface area contributed by atoms with Crippen molar-refractivity contribution in [2.45, 2.75) is 60.3 Å². The van der Waals surface area contributed by atoms with Gasteiger partial charge < -0.3 is 18.9 Å². The summed E-state index contributed by atoms with van der Waals surface area (Å²) in [6, 6.07) is 16.9. The standard InChI is InChI=1S/C34H40N2O8/c1-21-13-15-25(16-14-21)32(43-29(37)20-41-8)44-33(40)35(31(39)27-11-10-12-28(42-9)24(27)4)36(34(5,6)7)30(38)26-18-22(2)17-23(3)19-26/h10-19,32H,20H2,1-9H3. The topological polar surface area (TPSA) is 112 Å². The van der Waals surface area contributed by atoms with E-state index in [9.17, 15) is 19.2 Å². The molecule has 44 heavy (non-hydrogen) atoms. The number of imide groups is 1. The molecule has 10 heteroatoms. The first-order valence-electron chi connectivity index (χ1n) is 14.0. The van der Waals surface area contributed by atoms with Gasteiger partial charge in [-0.3, -0.25) is 9.59 Å². The Morgan fingerprint density at radius 3 is 1.93 bits per heavy atom. The van der Waals surface area contributed by atoms with Crippen LogP contribution in [-0.2, 0) is 19.0 Å². The molecule has 0 fully saturated rings. The summed E-state index contributed by atoms with van der Waals surface area (Å²) in [5.41, 5.74) is 2.63. The van der Waals surface area contributed by atoms with E-state index < -0.39 is 42.3 Å². The molecule has 0 aliphatic rings. The molecule has 0 aliphatic carbocycles. The number of aryl methyl sites for hydroxylation is 3. The fourth-order valence-corrected chi connectivity index (χ4v) is 4.65. The summed E-state index contributed by atoms with van der Waals surface area (Å²) < 4.78 is 21.5. The highest BCUT2D eigenvalue weighted by molar-refractivity contribution is 6.07. The van der Waals surface area contributed by atoms with Gasteiger partial charge in [-0.1, -0.05) is 53.1 Å². The molecule has 1 unspecified atom stereocenters. The fraction of sp³-hybridized carbons (Fsp3) is 0.353. The zero-order valence-corrected chi connectivity index (χ0v) is 26.7. The Hall–Kier alpha value is -4.70. The quantitative estimate of drug-likeness (QED) is 0.169. The minimum Gasteiger partial charge on any atom is -0.496 e. The summed E-state index contributed by atoms with van der Waals surface area (Å²) in [4.78, 5) is 55.3. The van der Waals surface area contributed by atoms with Crippen molar-refractivity contribution < 1.29 is 38.1 Å². The predicted molar refractivity (Wildman–Crippen MR) is 164 cm³/mol. The third-order valence-corrected chi connectivity index (χ3v) is 6.65. The lowest BCUT2D eigenvalue weighted by atomic mass is 10.0. The first-order chi connectivity index (χ1) is 20.7. The van der Waals surface area contributed by atoms with E-state index in [1.165, 1.54) is 20.3 Å². The Morgan fingerprint density at radius 1 is 0.773 bits per heavy atom. The lowest BCUT2D eigenvalue weighted by molar-refractivity contribution is -0.176. The predicted octanol–water partition coefficient (Wildman–Crippen LogP) is 6.25. The molecular formula is C34H40N2O8. The Morgan fingerprint density at radius 2 is 1.39 bits per heavy atom. The van der Waals surface area contributed by atoms with Gasteiger partial charge >= 0.3 is 12.1 Å². The molecule has 0 spiro atoms. The number of carbonyl (C=O) groups excluding carboxylic acids is 4. The van der Waals surface area contributed by atoms with Gasteiger partial charge in [0.15, 0.2) is 0 Å². The van der Waals surface area contributed by atoms with Crippen LogP contribution >= 0.6 is 0 Å².